The van der Waals surface area contributed by atoms with Crippen LogP contribution < -0.4 is 10.0 Å². The van der Waals surface area contributed by atoms with E-state index in [1.807, 2.05) is 13.0 Å². The number of aryl methyl sites for hydroxylation is 2. The van der Waals surface area contributed by atoms with Gasteiger partial charge in [0.15, 0.2) is 0 Å². The first kappa shape index (κ1) is 17.9. The second kappa shape index (κ2) is 7.93. The van der Waals surface area contributed by atoms with Crippen LogP contribution in [0.4, 0.5) is 0 Å². The van der Waals surface area contributed by atoms with Crippen molar-refractivity contribution >= 4 is 15.9 Å². The second-order valence-corrected chi connectivity index (χ2v) is 8.03. The molecule has 0 radical (unpaired) electrons. The van der Waals surface area contributed by atoms with Crippen LogP contribution in [0.3, 0.4) is 0 Å². The van der Waals surface area contributed by atoms with Gasteiger partial charge in [0.05, 0.1) is 4.90 Å². The number of hydrogen-bond acceptors (Lipinski definition) is 3. The Hall–Kier alpha value is -1.40. The second-order valence-electron chi connectivity index (χ2n) is 6.29. The van der Waals surface area contributed by atoms with Crippen LogP contribution in [-0.2, 0) is 14.8 Å². The summed E-state index contributed by atoms with van der Waals surface area (Å²) in [5.41, 5.74) is 1.62. The Morgan fingerprint density at radius 2 is 1.83 bits per heavy atom. The highest BCUT2D eigenvalue weighted by Gasteiger charge is 2.21. The fraction of sp³-hybridized carbons (Fsp3) is 0.588. The molecule has 1 aliphatic rings. The van der Waals surface area contributed by atoms with Gasteiger partial charge in [-0.05, 0) is 43.9 Å². The third-order valence-electron chi connectivity index (χ3n) is 4.33. The number of benzene rings is 1. The predicted octanol–water partition coefficient (Wildman–Crippen LogP) is 2.28. The van der Waals surface area contributed by atoms with E-state index in [9.17, 15) is 13.2 Å². The van der Waals surface area contributed by atoms with Gasteiger partial charge in [-0.3, -0.25) is 4.79 Å². The van der Waals surface area contributed by atoms with Gasteiger partial charge < -0.3 is 5.32 Å². The highest BCUT2D eigenvalue weighted by Crippen LogP contribution is 2.23. The molecule has 0 aromatic heterocycles. The highest BCUT2D eigenvalue weighted by atomic mass is 32.2. The molecule has 0 aliphatic heterocycles. The van der Waals surface area contributed by atoms with Crippen molar-refractivity contribution in [1.29, 1.82) is 0 Å². The summed E-state index contributed by atoms with van der Waals surface area (Å²) in [6.45, 7) is 4.16. The molecule has 1 aliphatic carbocycles. The molecule has 0 atom stereocenters. The van der Waals surface area contributed by atoms with Crippen LogP contribution in [0.15, 0.2) is 23.1 Å². The van der Waals surface area contributed by atoms with Gasteiger partial charge in [0.2, 0.25) is 15.9 Å². The highest BCUT2D eigenvalue weighted by molar-refractivity contribution is 7.89. The van der Waals surface area contributed by atoms with Crippen LogP contribution in [0, 0.1) is 19.8 Å². The Kier molecular flexibility index (Phi) is 6.18. The Bertz CT molecular complexity index is 650. The number of carbonyl (C=O) groups is 1. The number of nitrogens with one attached hydrogen (secondary N) is 2. The SMILES string of the molecule is Cc1ccc(C)c(S(=O)(=O)NCCNC(=O)C2CCCCC2)c1. The van der Waals surface area contributed by atoms with Gasteiger partial charge in [-0.1, -0.05) is 31.4 Å². The van der Waals surface area contributed by atoms with Gasteiger partial charge in [0.1, 0.15) is 0 Å². The molecule has 0 heterocycles. The number of carbonyl (C=O) groups excluding carboxylic acids is 1. The minimum absolute atomic E-state index is 0.0515. The molecule has 0 spiro atoms. The van der Waals surface area contributed by atoms with Crippen molar-refractivity contribution in [2.45, 2.75) is 50.8 Å². The lowest BCUT2D eigenvalue weighted by molar-refractivity contribution is -0.125. The van der Waals surface area contributed by atoms with Gasteiger partial charge in [-0.25, -0.2) is 13.1 Å². The van der Waals surface area contributed by atoms with E-state index in [-0.39, 0.29) is 18.4 Å². The Balaban J connectivity index is 1.83. The third kappa shape index (κ3) is 5.04. The van der Waals surface area contributed by atoms with Crippen molar-refractivity contribution < 1.29 is 13.2 Å². The number of sulfonamides is 1. The van der Waals surface area contributed by atoms with E-state index in [0.29, 0.717) is 17.0 Å². The van der Waals surface area contributed by atoms with Crippen molar-refractivity contribution in [3.63, 3.8) is 0 Å². The van der Waals surface area contributed by atoms with Gasteiger partial charge in [0.25, 0.3) is 0 Å². The Morgan fingerprint density at radius 3 is 2.52 bits per heavy atom. The maximum absolute atomic E-state index is 12.3. The van der Waals surface area contributed by atoms with E-state index in [2.05, 4.69) is 10.0 Å². The van der Waals surface area contributed by atoms with E-state index >= 15 is 0 Å². The van der Waals surface area contributed by atoms with Crippen molar-refractivity contribution in [2.75, 3.05) is 13.1 Å². The van der Waals surface area contributed by atoms with Crippen molar-refractivity contribution in [3.8, 4) is 0 Å². The topological polar surface area (TPSA) is 75.3 Å². The summed E-state index contributed by atoms with van der Waals surface area (Å²) in [5.74, 6) is 0.148. The number of amides is 1. The molecule has 1 aromatic rings. The van der Waals surface area contributed by atoms with Crippen LogP contribution in [0.25, 0.3) is 0 Å². The minimum Gasteiger partial charge on any atom is -0.355 e. The van der Waals surface area contributed by atoms with Gasteiger partial charge in [0, 0.05) is 19.0 Å². The zero-order valence-electron chi connectivity index (χ0n) is 13.9. The molecular weight excluding hydrogens is 312 g/mol. The predicted molar refractivity (Wildman–Crippen MR) is 90.7 cm³/mol. The summed E-state index contributed by atoms with van der Waals surface area (Å²) in [4.78, 5) is 12.3. The van der Waals surface area contributed by atoms with E-state index < -0.39 is 10.0 Å². The Morgan fingerprint density at radius 1 is 1.13 bits per heavy atom. The van der Waals surface area contributed by atoms with Crippen LogP contribution in [0.5, 0.6) is 0 Å². The molecule has 0 bridgehead atoms. The van der Waals surface area contributed by atoms with Crippen LogP contribution in [-0.4, -0.2) is 27.4 Å². The first-order chi connectivity index (χ1) is 10.9. The summed E-state index contributed by atoms with van der Waals surface area (Å²) in [6, 6.07) is 5.35. The molecule has 2 N–H and O–H groups in total. The van der Waals surface area contributed by atoms with Crippen molar-refractivity contribution in [1.82, 2.24) is 10.0 Å². The maximum atomic E-state index is 12.3. The van der Waals surface area contributed by atoms with E-state index in [1.165, 1.54) is 6.42 Å². The van der Waals surface area contributed by atoms with Crippen LogP contribution in [0.2, 0.25) is 0 Å². The molecule has 5 nitrogen and oxygen atoms in total. The molecule has 0 saturated heterocycles. The lowest BCUT2D eigenvalue weighted by Gasteiger charge is -2.20. The van der Waals surface area contributed by atoms with Gasteiger partial charge in [-0.15, -0.1) is 0 Å². The standard InChI is InChI=1S/C17H26N2O3S/c1-13-8-9-14(2)16(12-13)23(21,22)19-11-10-18-17(20)15-6-4-3-5-7-15/h8-9,12,15,19H,3-7,10-11H2,1-2H3,(H,18,20). The Labute approximate surface area is 138 Å². The van der Waals surface area contributed by atoms with Crippen molar-refractivity contribution in [3.05, 3.63) is 29.3 Å². The maximum Gasteiger partial charge on any atom is 0.240 e. The lowest BCUT2D eigenvalue weighted by atomic mass is 9.89. The summed E-state index contributed by atoms with van der Waals surface area (Å²) in [7, 11) is -3.54. The molecule has 1 amide bonds. The van der Waals surface area contributed by atoms with Gasteiger partial charge in [-0.2, -0.15) is 0 Å². The van der Waals surface area contributed by atoms with E-state index in [4.69, 9.17) is 0 Å². The molecule has 1 fully saturated rings. The third-order valence-corrected chi connectivity index (χ3v) is 5.93. The number of hydrogen-bond donors (Lipinski definition) is 2. The summed E-state index contributed by atoms with van der Waals surface area (Å²) in [5, 5.41) is 2.84. The number of rotatable bonds is 6. The van der Waals surface area contributed by atoms with Crippen LogP contribution in [0.1, 0.15) is 43.2 Å². The minimum atomic E-state index is -3.54. The molecule has 1 aromatic carbocycles. The van der Waals surface area contributed by atoms with Crippen molar-refractivity contribution in [2.24, 2.45) is 5.92 Å². The molecule has 0 unspecified atom stereocenters. The molecule has 1 saturated carbocycles. The van der Waals surface area contributed by atoms with E-state index in [0.717, 1.165) is 31.2 Å². The average Bonchev–Trinajstić information content (AvgIpc) is 2.54. The first-order valence-electron chi connectivity index (χ1n) is 8.25. The van der Waals surface area contributed by atoms with Gasteiger partial charge >= 0.3 is 0 Å². The first-order valence-corrected chi connectivity index (χ1v) is 9.73. The summed E-state index contributed by atoms with van der Waals surface area (Å²) >= 11 is 0. The molecule has 128 valence electrons. The fourth-order valence-corrected chi connectivity index (χ4v) is 4.31. The quantitative estimate of drug-likeness (QED) is 0.781. The molecule has 2 rings (SSSR count). The molecular formula is C17H26N2O3S. The summed E-state index contributed by atoms with van der Waals surface area (Å²) < 4.78 is 27.2. The zero-order valence-corrected chi connectivity index (χ0v) is 14.7. The normalized spacial score (nSPS) is 16.3. The molecule has 23 heavy (non-hydrogen) atoms. The molecule has 6 heteroatoms. The summed E-state index contributed by atoms with van der Waals surface area (Å²) in [6.07, 6.45) is 5.31. The zero-order chi connectivity index (χ0) is 16.9. The smallest absolute Gasteiger partial charge is 0.240 e. The van der Waals surface area contributed by atoms with E-state index in [1.54, 1.807) is 19.1 Å². The largest absolute Gasteiger partial charge is 0.355 e. The fourth-order valence-electron chi connectivity index (χ4n) is 2.95. The average molecular weight is 338 g/mol. The van der Waals surface area contributed by atoms with Crippen LogP contribution >= 0.6 is 0 Å². The lowest BCUT2D eigenvalue weighted by Crippen LogP contribution is -2.38. The monoisotopic (exact) mass is 338 g/mol.